The van der Waals surface area contributed by atoms with E-state index in [-0.39, 0.29) is 11.7 Å². The van der Waals surface area contributed by atoms with E-state index in [1.807, 2.05) is 24.4 Å². The minimum Gasteiger partial charge on any atom is -0.348 e. The summed E-state index contributed by atoms with van der Waals surface area (Å²) in [6, 6.07) is 17.5. The number of carbonyl (C=O) groups excluding carboxylic acids is 2. The Morgan fingerprint density at radius 2 is 1.61 bits per heavy atom. The van der Waals surface area contributed by atoms with Crippen LogP contribution in [0.15, 0.2) is 60.8 Å². The van der Waals surface area contributed by atoms with Gasteiger partial charge in [0, 0.05) is 72.0 Å². The molecule has 1 amide bonds. The first-order valence-electron chi connectivity index (χ1n) is 16.0. The first-order valence-corrected chi connectivity index (χ1v) is 17.5. The monoisotopic (exact) mass is 698 g/mol. The van der Waals surface area contributed by atoms with Crippen molar-refractivity contribution in [3.05, 3.63) is 103 Å². The SMILES string of the molecule is CCc1cccc2c(C(=O)NCc3ccc(Cl)c(Cl)c3)cn(CCCN3CC4CCCC3CN4CC(=O)c3cc(Cl)cc(Cl)c3)c12. The van der Waals surface area contributed by atoms with Crippen LogP contribution in [0.1, 0.15) is 64.4 Å². The molecule has 1 N–H and O–H groups in total. The standard InChI is InChI=1S/C36H38Cl4N4O2/c1-2-24-6-3-9-30-31(36(46)41-18-23-10-11-32(39)33(40)14-23)21-43(35(24)30)13-5-12-42-19-29-8-4-7-28(42)20-44(29)22-34(45)25-15-26(37)17-27(38)16-25/h3,6,9-11,14-17,21,28-29H,2,4-5,7-8,12-13,18-20,22H2,1H3,(H,41,46). The zero-order valence-corrected chi connectivity index (χ0v) is 28.9. The molecule has 2 unspecified atom stereocenters. The summed E-state index contributed by atoms with van der Waals surface area (Å²) >= 11 is 24.6. The molecule has 242 valence electrons. The predicted octanol–water partition coefficient (Wildman–Crippen LogP) is 8.56. The summed E-state index contributed by atoms with van der Waals surface area (Å²) in [5.41, 5.74) is 4.51. The second kappa shape index (κ2) is 14.7. The zero-order valence-electron chi connectivity index (χ0n) is 25.9. The van der Waals surface area contributed by atoms with Crippen LogP contribution >= 0.6 is 46.4 Å². The van der Waals surface area contributed by atoms with Crippen LogP contribution in [0, 0.1) is 0 Å². The smallest absolute Gasteiger partial charge is 0.253 e. The predicted molar refractivity (Wildman–Crippen MR) is 189 cm³/mol. The number of fused-ring (bicyclic) bond motifs is 5. The lowest BCUT2D eigenvalue weighted by molar-refractivity contribution is 0.0397. The van der Waals surface area contributed by atoms with Gasteiger partial charge in [0.25, 0.3) is 5.91 Å². The van der Waals surface area contributed by atoms with Gasteiger partial charge in [0.05, 0.1) is 27.7 Å². The highest BCUT2D eigenvalue weighted by molar-refractivity contribution is 6.42. The molecule has 3 aliphatic heterocycles. The Labute approximate surface area is 290 Å². The van der Waals surface area contributed by atoms with Gasteiger partial charge in [0.15, 0.2) is 5.78 Å². The number of hydrogen-bond acceptors (Lipinski definition) is 4. The maximum Gasteiger partial charge on any atom is 0.253 e. The normalized spacial score (nSPS) is 18.6. The number of halogens is 4. The van der Waals surface area contributed by atoms with Gasteiger partial charge in [0.2, 0.25) is 0 Å². The van der Waals surface area contributed by atoms with Gasteiger partial charge in [-0.05, 0) is 67.1 Å². The third-order valence-electron chi connectivity index (χ3n) is 9.42. The van der Waals surface area contributed by atoms with Crippen LogP contribution in [0.25, 0.3) is 10.9 Å². The molecule has 0 aliphatic carbocycles. The second-order valence-corrected chi connectivity index (χ2v) is 14.1. The van der Waals surface area contributed by atoms with Crippen molar-refractivity contribution in [1.29, 1.82) is 0 Å². The van der Waals surface area contributed by atoms with Crippen LogP contribution in [-0.4, -0.2) is 64.3 Å². The van der Waals surface area contributed by atoms with Gasteiger partial charge in [-0.1, -0.05) is 84.0 Å². The van der Waals surface area contributed by atoms with Crippen molar-refractivity contribution in [1.82, 2.24) is 19.7 Å². The molecule has 4 heterocycles. The second-order valence-electron chi connectivity index (χ2n) is 12.4. The molecule has 3 aromatic carbocycles. The third kappa shape index (κ3) is 7.43. The Morgan fingerprint density at radius 1 is 0.870 bits per heavy atom. The van der Waals surface area contributed by atoms with E-state index in [2.05, 4.69) is 32.7 Å². The molecule has 10 heteroatoms. The fourth-order valence-electron chi connectivity index (χ4n) is 7.12. The molecule has 3 saturated heterocycles. The number of hydrogen-bond donors (Lipinski definition) is 1. The Bertz CT molecular complexity index is 1740. The number of amides is 1. The van der Waals surface area contributed by atoms with Crippen molar-refractivity contribution in [2.24, 2.45) is 0 Å². The topological polar surface area (TPSA) is 57.6 Å². The van der Waals surface area contributed by atoms with E-state index >= 15 is 0 Å². The maximum absolute atomic E-state index is 13.4. The summed E-state index contributed by atoms with van der Waals surface area (Å²) in [6.07, 6.45) is 7.27. The fraction of sp³-hybridized carbons (Fsp3) is 0.389. The van der Waals surface area contributed by atoms with E-state index in [1.54, 1.807) is 30.3 Å². The first-order chi connectivity index (χ1) is 22.2. The number of para-hydroxylation sites is 1. The quantitative estimate of drug-likeness (QED) is 0.160. The molecule has 7 rings (SSSR count). The van der Waals surface area contributed by atoms with Crippen molar-refractivity contribution < 1.29 is 9.59 Å². The number of piperazine rings is 1. The molecule has 6 nitrogen and oxygen atoms in total. The van der Waals surface area contributed by atoms with Crippen LogP contribution < -0.4 is 5.32 Å². The Kier molecular flexibility index (Phi) is 10.6. The number of aromatic nitrogens is 1. The lowest BCUT2D eigenvalue weighted by Gasteiger charge is -2.43. The molecule has 3 fully saturated rings. The van der Waals surface area contributed by atoms with Crippen molar-refractivity contribution in [2.45, 2.75) is 64.2 Å². The number of nitrogens with one attached hydrogen (secondary N) is 1. The van der Waals surface area contributed by atoms with E-state index in [0.717, 1.165) is 68.3 Å². The number of rotatable bonds is 11. The molecular formula is C36H38Cl4N4O2. The summed E-state index contributed by atoms with van der Waals surface area (Å²) < 4.78 is 2.26. The molecule has 1 aromatic heterocycles. The highest BCUT2D eigenvalue weighted by Gasteiger charge is 2.37. The van der Waals surface area contributed by atoms with Gasteiger partial charge in [-0.3, -0.25) is 19.4 Å². The average molecular weight is 701 g/mol. The van der Waals surface area contributed by atoms with Gasteiger partial charge >= 0.3 is 0 Å². The van der Waals surface area contributed by atoms with Crippen molar-refractivity contribution in [2.75, 3.05) is 26.2 Å². The van der Waals surface area contributed by atoms with Crippen molar-refractivity contribution >= 4 is 69.0 Å². The average Bonchev–Trinajstić information content (AvgIpc) is 3.15. The van der Waals surface area contributed by atoms with Crippen LogP contribution in [0.2, 0.25) is 20.1 Å². The highest BCUT2D eigenvalue weighted by Crippen LogP contribution is 2.30. The molecule has 46 heavy (non-hydrogen) atoms. The van der Waals surface area contributed by atoms with Crippen LogP contribution in [-0.2, 0) is 19.5 Å². The minimum atomic E-state index is -0.109. The van der Waals surface area contributed by atoms with E-state index in [4.69, 9.17) is 46.4 Å². The number of ketones is 1. The Morgan fingerprint density at radius 3 is 2.35 bits per heavy atom. The van der Waals surface area contributed by atoms with Crippen LogP contribution in [0.3, 0.4) is 0 Å². The van der Waals surface area contributed by atoms with Crippen molar-refractivity contribution in [3.63, 3.8) is 0 Å². The van der Waals surface area contributed by atoms with Crippen LogP contribution in [0.4, 0.5) is 0 Å². The van der Waals surface area contributed by atoms with Gasteiger partial charge in [-0.15, -0.1) is 0 Å². The molecule has 0 radical (unpaired) electrons. The molecule has 2 atom stereocenters. The summed E-state index contributed by atoms with van der Waals surface area (Å²) in [5, 5.41) is 5.97. The number of Topliss-reactive ketones (excluding diaryl/α,β-unsaturated/α-hetero) is 1. The molecule has 2 bridgehead atoms. The van der Waals surface area contributed by atoms with Gasteiger partial charge < -0.3 is 9.88 Å². The highest BCUT2D eigenvalue weighted by atomic mass is 35.5. The van der Waals surface area contributed by atoms with E-state index < -0.39 is 0 Å². The van der Waals surface area contributed by atoms with Crippen molar-refractivity contribution in [3.8, 4) is 0 Å². The minimum absolute atomic E-state index is 0.0616. The Balaban J connectivity index is 1.11. The summed E-state index contributed by atoms with van der Waals surface area (Å²) in [4.78, 5) is 31.6. The fourth-order valence-corrected chi connectivity index (χ4v) is 7.96. The first kappa shape index (κ1) is 33.3. The summed E-state index contributed by atoms with van der Waals surface area (Å²) in [6.45, 7) is 6.55. The summed E-state index contributed by atoms with van der Waals surface area (Å²) in [7, 11) is 0. The van der Waals surface area contributed by atoms with Crippen LogP contribution in [0.5, 0.6) is 0 Å². The summed E-state index contributed by atoms with van der Waals surface area (Å²) in [5.74, 6) is -0.0471. The lowest BCUT2D eigenvalue weighted by Crippen LogP contribution is -2.57. The van der Waals surface area contributed by atoms with Gasteiger partial charge in [-0.2, -0.15) is 0 Å². The van der Waals surface area contributed by atoms with E-state index in [1.165, 1.54) is 12.0 Å². The molecular weight excluding hydrogens is 662 g/mol. The largest absolute Gasteiger partial charge is 0.348 e. The van der Waals surface area contributed by atoms with E-state index in [0.29, 0.717) is 56.4 Å². The lowest BCUT2D eigenvalue weighted by atomic mass is 10.1. The number of aryl methyl sites for hydroxylation is 2. The molecule has 3 aliphatic rings. The Hall–Kier alpha value is -2.58. The number of nitrogens with zero attached hydrogens (tertiary/aromatic N) is 3. The molecule has 0 saturated carbocycles. The van der Waals surface area contributed by atoms with Gasteiger partial charge in [-0.25, -0.2) is 0 Å². The number of benzene rings is 3. The van der Waals surface area contributed by atoms with E-state index in [9.17, 15) is 9.59 Å². The maximum atomic E-state index is 13.4. The zero-order chi connectivity index (χ0) is 32.4. The molecule has 0 spiro atoms. The number of carbonyl (C=O) groups is 2. The molecule has 4 aromatic rings. The van der Waals surface area contributed by atoms with Gasteiger partial charge in [0.1, 0.15) is 0 Å². The third-order valence-corrected chi connectivity index (χ3v) is 10.6.